The molecule has 0 radical (unpaired) electrons. The van der Waals surface area contributed by atoms with Gasteiger partial charge in [-0.3, -0.25) is 4.79 Å². The Morgan fingerprint density at radius 3 is 2.51 bits per heavy atom. The number of nitrogens with one attached hydrogen (secondary N) is 1. The summed E-state index contributed by atoms with van der Waals surface area (Å²) >= 11 is 0. The number of carbonyl (C=O) groups is 2. The molecule has 0 unspecified atom stereocenters. The van der Waals surface area contributed by atoms with Crippen LogP contribution in [0, 0.1) is 12.7 Å². The number of aromatic amines is 1. The smallest absolute Gasteiger partial charge is 0.319 e. The van der Waals surface area contributed by atoms with Crippen LogP contribution in [0.4, 0.5) is 13.6 Å². The lowest BCUT2D eigenvalue weighted by Gasteiger charge is -2.28. The lowest BCUT2D eigenvalue weighted by Crippen LogP contribution is -2.41. The van der Waals surface area contributed by atoms with Crippen molar-refractivity contribution in [1.82, 2.24) is 24.8 Å². The molecule has 0 atom stereocenters. The van der Waals surface area contributed by atoms with E-state index < -0.39 is 11.5 Å². The van der Waals surface area contributed by atoms with Crippen molar-refractivity contribution in [3.05, 3.63) is 88.6 Å². The van der Waals surface area contributed by atoms with E-state index in [2.05, 4.69) is 15.0 Å². The predicted octanol–water partition coefficient (Wildman–Crippen LogP) is 6.23. The number of urea groups is 1. The Bertz CT molecular complexity index is 1700. The van der Waals surface area contributed by atoms with Gasteiger partial charge in [-0.2, -0.15) is 0 Å². The Balaban J connectivity index is 1.28. The number of carbonyl (C=O) groups excluding carboxylic acids is 2. The van der Waals surface area contributed by atoms with Crippen molar-refractivity contribution in [2.75, 3.05) is 27.2 Å². The zero-order valence-corrected chi connectivity index (χ0v) is 23.3. The molecule has 2 amide bonds. The van der Waals surface area contributed by atoms with E-state index in [1.807, 2.05) is 19.1 Å². The van der Waals surface area contributed by atoms with Crippen molar-refractivity contribution < 1.29 is 18.4 Å². The van der Waals surface area contributed by atoms with E-state index in [4.69, 9.17) is 0 Å². The second-order valence-electron chi connectivity index (χ2n) is 11.2. The molecule has 1 saturated carbocycles. The van der Waals surface area contributed by atoms with Crippen LogP contribution in [0.25, 0.3) is 27.9 Å². The van der Waals surface area contributed by atoms with Crippen LogP contribution in [0.1, 0.15) is 52.0 Å². The Morgan fingerprint density at radius 2 is 1.85 bits per heavy atom. The van der Waals surface area contributed by atoms with Gasteiger partial charge in [-0.25, -0.2) is 23.5 Å². The monoisotopic (exact) mass is 555 g/mol. The van der Waals surface area contributed by atoms with Gasteiger partial charge in [-0.1, -0.05) is 30.3 Å². The number of Topliss-reactive ketones (excluding diaryl/α,β-unsaturated/α-hetero) is 1. The van der Waals surface area contributed by atoms with E-state index in [0.717, 1.165) is 22.2 Å². The van der Waals surface area contributed by atoms with Crippen molar-refractivity contribution in [3.63, 3.8) is 0 Å². The number of H-pyrrole nitrogens is 1. The molecular formula is C32H31F2N5O2. The number of alkyl halides is 1. The summed E-state index contributed by atoms with van der Waals surface area (Å²) in [5, 5.41) is 0.747. The zero-order chi connectivity index (χ0) is 28.9. The standard InChI is InChI=1S/C32H31F2N5O2/c1-19-22(15-28(40)21-4-6-23(7-5-21)32(34)10-11-32)14-24(33)16-25(19)29-26-17-27(37-30(26)36-18-35-29)20-8-12-39(13-9-20)31(41)38(2)3/h4-8,14,16-18H,9-13,15H2,1-3H3,(H,35,36,37). The molecule has 7 nitrogen and oxygen atoms in total. The average molecular weight is 556 g/mol. The van der Waals surface area contributed by atoms with E-state index >= 15 is 0 Å². The normalized spacial score (nSPS) is 16.0. The second-order valence-corrected chi connectivity index (χ2v) is 11.2. The summed E-state index contributed by atoms with van der Waals surface area (Å²) < 4.78 is 29.3. The molecule has 2 aromatic carbocycles. The SMILES string of the molecule is Cc1c(CC(=O)c2ccc(C3(F)CC3)cc2)cc(F)cc1-c1ncnc2[nH]c(C3=CCN(C(=O)N(C)C)CC3)cc12. The van der Waals surface area contributed by atoms with Crippen molar-refractivity contribution in [2.24, 2.45) is 0 Å². The van der Waals surface area contributed by atoms with Crippen LogP contribution in [0.15, 0.2) is 54.9 Å². The van der Waals surface area contributed by atoms with Gasteiger partial charge in [-0.15, -0.1) is 0 Å². The first-order valence-electron chi connectivity index (χ1n) is 13.7. The summed E-state index contributed by atoms with van der Waals surface area (Å²) in [7, 11) is 3.48. The second kappa shape index (κ2) is 10.2. The van der Waals surface area contributed by atoms with Crippen LogP contribution < -0.4 is 0 Å². The molecule has 210 valence electrons. The summed E-state index contributed by atoms with van der Waals surface area (Å²) in [6.45, 7) is 2.98. The third kappa shape index (κ3) is 5.12. The molecule has 0 spiro atoms. The lowest BCUT2D eigenvalue weighted by atomic mass is 9.93. The van der Waals surface area contributed by atoms with Gasteiger partial charge in [0.25, 0.3) is 0 Å². The fourth-order valence-electron chi connectivity index (χ4n) is 5.49. The van der Waals surface area contributed by atoms with Crippen molar-refractivity contribution >= 4 is 28.4 Å². The molecule has 1 N–H and O–H groups in total. The molecule has 4 aromatic rings. The Kier molecular flexibility index (Phi) is 6.68. The van der Waals surface area contributed by atoms with Crippen LogP contribution in [-0.4, -0.2) is 63.8 Å². The van der Waals surface area contributed by atoms with Crippen LogP contribution >= 0.6 is 0 Å². The number of ketones is 1. The van der Waals surface area contributed by atoms with Crippen LogP contribution in [0.2, 0.25) is 0 Å². The highest BCUT2D eigenvalue weighted by Crippen LogP contribution is 2.49. The summed E-state index contributed by atoms with van der Waals surface area (Å²) in [5.74, 6) is -0.622. The maximum absolute atomic E-state index is 14.9. The fraction of sp³-hybridized carbons (Fsp3) is 0.312. The van der Waals surface area contributed by atoms with Crippen LogP contribution in [0.3, 0.4) is 0 Å². The highest BCUT2D eigenvalue weighted by Gasteiger charge is 2.44. The van der Waals surface area contributed by atoms with E-state index in [1.54, 1.807) is 48.2 Å². The molecule has 1 aliphatic heterocycles. The number of benzene rings is 2. The number of rotatable bonds is 6. The van der Waals surface area contributed by atoms with Gasteiger partial charge in [0.2, 0.25) is 0 Å². The van der Waals surface area contributed by atoms with Crippen molar-refractivity contribution in [1.29, 1.82) is 0 Å². The van der Waals surface area contributed by atoms with Gasteiger partial charge in [0.05, 0.1) is 5.69 Å². The van der Waals surface area contributed by atoms with E-state index in [-0.39, 0.29) is 18.2 Å². The largest absolute Gasteiger partial charge is 0.339 e. The van der Waals surface area contributed by atoms with E-state index in [0.29, 0.717) is 65.9 Å². The maximum atomic E-state index is 14.9. The first kappa shape index (κ1) is 26.8. The molecule has 6 rings (SSSR count). The number of amides is 2. The van der Waals surface area contributed by atoms with Gasteiger partial charge in [0.1, 0.15) is 23.5 Å². The molecule has 1 aliphatic carbocycles. The molecule has 2 aromatic heterocycles. The Labute approximate surface area is 236 Å². The van der Waals surface area contributed by atoms with Crippen molar-refractivity contribution in [3.8, 4) is 11.3 Å². The summed E-state index contributed by atoms with van der Waals surface area (Å²) in [5.41, 5.74) is 4.89. The molecule has 41 heavy (non-hydrogen) atoms. The first-order valence-corrected chi connectivity index (χ1v) is 13.7. The molecule has 2 aliphatic rings. The van der Waals surface area contributed by atoms with Crippen LogP contribution in [0.5, 0.6) is 0 Å². The van der Waals surface area contributed by atoms with Gasteiger partial charge < -0.3 is 14.8 Å². The minimum Gasteiger partial charge on any atom is -0.339 e. The molecule has 0 saturated heterocycles. The first-order chi connectivity index (χ1) is 19.6. The number of aromatic nitrogens is 3. The Morgan fingerprint density at radius 1 is 1.10 bits per heavy atom. The number of hydrogen-bond acceptors (Lipinski definition) is 4. The van der Waals surface area contributed by atoms with Crippen molar-refractivity contribution in [2.45, 2.75) is 38.3 Å². The topological polar surface area (TPSA) is 82.2 Å². The highest BCUT2D eigenvalue weighted by molar-refractivity contribution is 5.99. The molecular weight excluding hydrogens is 524 g/mol. The molecule has 1 fully saturated rings. The van der Waals surface area contributed by atoms with Gasteiger partial charge >= 0.3 is 6.03 Å². The minimum atomic E-state index is -1.25. The maximum Gasteiger partial charge on any atom is 0.319 e. The predicted molar refractivity (Wildman–Crippen MR) is 154 cm³/mol. The van der Waals surface area contributed by atoms with E-state index in [9.17, 15) is 18.4 Å². The van der Waals surface area contributed by atoms with Crippen LogP contribution in [-0.2, 0) is 12.1 Å². The van der Waals surface area contributed by atoms with Gasteiger partial charge in [0, 0.05) is 55.8 Å². The number of nitrogens with zero attached hydrogens (tertiary/aromatic N) is 4. The summed E-state index contributed by atoms with van der Waals surface area (Å²) in [6, 6.07) is 11.4. The number of fused-ring (bicyclic) bond motifs is 1. The highest BCUT2D eigenvalue weighted by atomic mass is 19.1. The molecule has 9 heteroatoms. The number of hydrogen-bond donors (Lipinski definition) is 1. The lowest BCUT2D eigenvalue weighted by molar-refractivity contribution is 0.0992. The van der Waals surface area contributed by atoms with Gasteiger partial charge in [0.15, 0.2) is 5.78 Å². The number of halogens is 2. The Hall–Kier alpha value is -4.40. The molecule has 0 bridgehead atoms. The average Bonchev–Trinajstić information content (AvgIpc) is 3.57. The fourth-order valence-corrected chi connectivity index (χ4v) is 5.49. The van der Waals surface area contributed by atoms with E-state index in [1.165, 1.54) is 18.5 Å². The van der Waals surface area contributed by atoms with Gasteiger partial charge in [-0.05, 0) is 66.6 Å². The summed E-state index contributed by atoms with van der Waals surface area (Å²) in [6.07, 6.45) is 5.20. The molecule has 3 heterocycles. The third-order valence-electron chi connectivity index (χ3n) is 8.13. The zero-order valence-electron chi connectivity index (χ0n) is 23.3. The third-order valence-corrected chi connectivity index (χ3v) is 8.13. The quantitative estimate of drug-likeness (QED) is 0.286. The summed E-state index contributed by atoms with van der Waals surface area (Å²) in [4.78, 5) is 41.0. The minimum absolute atomic E-state index is 0.0123.